The molecule has 1 atom stereocenters. The van der Waals surface area contributed by atoms with E-state index in [4.69, 9.17) is 5.73 Å². The Hall–Kier alpha value is -0.770. The Labute approximate surface area is 61.2 Å². The van der Waals surface area contributed by atoms with Crippen LogP contribution in [0.3, 0.4) is 0 Å². The Morgan fingerprint density at radius 2 is 2.30 bits per heavy atom. The first-order valence-corrected chi connectivity index (χ1v) is 3.42. The number of nitrogens with two attached hydrogens (primary N) is 1. The van der Waals surface area contributed by atoms with Crippen molar-refractivity contribution in [3.8, 4) is 0 Å². The molecule has 0 saturated heterocycles. The summed E-state index contributed by atoms with van der Waals surface area (Å²) in [6.07, 6.45) is 0.865. The number of nitrogens with one attached hydrogen (secondary N) is 2. The summed E-state index contributed by atoms with van der Waals surface area (Å²) in [6.45, 7) is 2.47. The molecule has 0 aliphatic heterocycles. The van der Waals surface area contributed by atoms with Gasteiger partial charge < -0.3 is 16.4 Å². The monoisotopic (exact) mass is 145 g/mol. The number of carbonyl (C=O) groups is 1. The Bertz CT molecular complexity index is 101. The highest BCUT2D eigenvalue weighted by Crippen LogP contribution is 1.85. The van der Waals surface area contributed by atoms with Crippen molar-refractivity contribution in [3.63, 3.8) is 0 Å². The maximum Gasteiger partial charge on any atom is 0.314 e. The van der Waals surface area contributed by atoms with Crippen molar-refractivity contribution in [2.24, 2.45) is 5.73 Å². The van der Waals surface area contributed by atoms with Crippen LogP contribution in [0, 0.1) is 0 Å². The zero-order valence-corrected chi connectivity index (χ0v) is 6.48. The lowest BCUT2D eigenvalue weighted by atomic mass is 10.2. The molecule has 4 heteroatoms. The molecule has 0 aliphatic rings. The molecule has 0 bridgehead atoms. The summed E-state index contributed by atoms with van der Waals surface area (Å²) in [7, 11) is 1.58. The normalized spacial score (nSPS) is 12.3. The van der Waals surface area contributed by atoms with Crippen molar-refractivity contribution in [1.29, 1.82) is 0 Å². The van der Waals surface area contributed by atoms with E-state index >= 15 is 0 Å². The molecule has 4 nitrogen and oxygen atoms in total. The predicted molar refractivity (Wildman–Crippen MR) is 40.7 cm³/mol. The predicted octanol–water partition coefficient (Wildman–Crippen LogP) is -0.347. The fourth-order valence-electron chi connectivity index (χ4n) is 0.585. The maximum absolute atomic E-state index is 10.7. The fraction of sp³-hybridized carbons (Fsp3) is 0.833. The fourth-order valence-corrected chi connectivity index (χ4v) is 0.585. The molecule has 0 aromatic carbocycles. The molecule has 0 aromatic rings. The van der Waals surface area contributed by atoms with Crippen LogP contribution in [-0.2, 0) is 0 Å². The molecule has 1 unspecified atom stereocenters. The van der Waals surface area contributed by atoms with Crippen molar-refractivity contribution in [1.82, 2.24) is 10.6 Å². The van der Waals surface area contributed by atoms with E-state index in [1.807, 2.05) is 6.92 Å². The van der Waals surface area contributed by atoms with Gasteiger partial charge in [0.1, 0.15) is 0 Å². The summed E-state index contributed by atoms with van der Waals surface area (Å²) in [5.74, 6) is 0. The summed E-state index contributed by atoms with van der Waals surface area (Å²) < 4.78 is 0. The summed E-state index contributed by atoms with van der Waals surface area (Å²) in [4.78, 5) is 10.7. The van der Waals surface area contributed by atoms with Gasteiger partial charge in [-0.15, -0.1) is 0 Å². The van der Waals surface area contributed by atoms with Crippen LogP contribution in [-0.4, -0.2) is 25.7 Å². The molecule has 0 radical (unpaired) electrons. The highest BCUT2D eigenvalue weighted by Gasteiger charge is 2.04. The molecule has 0 aromatic heterocycles. The molecular weight excluding hydrogens is 130 g/mol. The minimum absolute atomic E-state index is 0.0972. The minimum atomic E-state index is -0.169. The van der Waals surface area contributed by atoms with Crippen LogP contribution in [0.15, 0.2) is 0 Å². The Morgan fingerprint density at radius 3 is 2.60 bits per heavy atom. The Morgan fingerprint density at radius 1 is 1.70 bits per heavy atom. The van der Waals surface area contributed by atoms with Crippen LogP contribution in [0.25, 0.3) is 0 Å². The molecule has 2 amide bonds. The quantitative estimate of drug-likeness (QED) is 0.508. The molecule has 60 valence electrons. The van der Waals surface area contributed by atoms with Gasteiger partial charge in [0.2, 0.25) is 0 Å². The van der Waals surface area contributed by atoms with Crippen molar-refractivity contribution >= 4 is 6.03 Å². The van der Waals surface area contributed by atoms with E-state index in [-0.39, 0.29) is 12.1 Å². The first-order chi connectivity index (χ1) is 4.74. The van der Waals surface area contributed by atoms with E-state index < -0.39 is 0 Å². The molecular formula is C6H15N3O. The SMILES string of the molecule is CCC(CN)NC(=O)NC. The van der Waals surface area contributed by atoms with Gasteiger partial charge in [-0.1, -0.05) is 6.92 Å². The zero-order valence-electron chi connectivity index (χ0n) is 6.48. The molecule has 0 aliphatic carbocycles. The van der Waals surface area contributed by atoms with Crippen LogP contribution >= 0.6 is 0 Å². The highest BCUT2D eigenvalue weighted by molar-refractivity contribution is 5.73. The van der Waals surface area contributed by atoms with Gasteiger partial charge in [-0.25, -0.2) is 4.79 Å². The second-order valence-corrected chi connectivity index (χ2v) is 2.06. The number of urea groups is 1. The number of hydrogen-bond acceptors (Lipinski definition) is 2. The van der Waals surface area contributed by atoms with Crippen molar-refractivity contribution in [2.75, 3.05) is 13.6 Å². The van der Waals surface area contributed by atoms with Crippen LogP contribution in [0.2, 0.25) is 0 Å². The summed E-state index contributed by atoms with van der Waals surface area (Å²) in [5, 5.41) is 5.15. The van der Waals surface area contributed by atoms with Crippen LogP contribution in [0.4, 0.5) is 4.79 Å². The zero-order chi connectivity index (χ0) is 7.98. The molecule has 0 fully saturated rings. The van der Waals surface area contributed by atoms with E-state index in [0.29, 0.717) is 6.54 Å². The number of rotatable bonds is 3. The Balaban J connectivity index is 3.52. The van der Waals surface area contributed by atoms with E-state index in [1.54, 1.807) is 7.05 Å². The molecule has 4 N–H and O–H groups in total. The largest absolute Gasteiger partial charge is 0.341 e. The van der Waals surface area contributed by atoms with Gasteiger partial charge in [0, 0.05) is 19.6 Å². The van der Waals surface area contributed by atoms with Crippen molar-refractivity contribution in [3.05, 3.63) is 0 Å². The van der Waals surface area contributed by atoms with Gasteiger partial charge >= 0.3 is 6.03 Å². The van der Waals surface area contributed by atoms with Gasteiger partial charge in [-0.05, 0) is 6.42 Å². The van der Waals surface area contributed by atoms with E-state index in [9.17, 15) is 4.79 Å². The summed E-state index contributed by atoms with van der Waals surface area (Å²) in [6, 6.07) is -0.0720. The topological polar surface area (TPSA) is 67.1 Å². The number of amides is 2. The van der Waals surface area contributed by atoms with Gasteiger partial charge in [-0.3, -0.25) is 0 Å². The molecule has 0 heterocycles. The van der Waals surface area contributed by atoms with Crippen LogP contribution < -0.4 is 16.4 Å². The average Bonchev–Trinajstić information content (AvgIpc) is 1.99. The molecule has 10 heavy (non-hydrogen) atoms. The number of carbonyl (C=O) groups excluding carboxylic acids is 1. The van der Waals surface area contributed by atoms with Gasteiger partial charge in [0.05, 0.1) is 0 Å². The minimum Gasteiger partial charge on any atom is -0.341 e. The lowest BCUT2D eigenvalue weighted by Gasteiger charge is -2.13. The van der Waals surface area contributed by atoms with E-state index in [2.05, 4.69) is 10.6 Å². The van der Waals surface area contributed by atoms with E-state index in [1.165, 1.54) is 0 Å². The third kappa shape index (κ3) is 3.29. The highest BCUT2D eigenvalue weighted by atomic mass is 16.2. The molecule has 0 spiro atoms. The van der Waals surface area contributed by atoms with E-state index in [0.717, 1.165) is 6.42 Å². The van der Waals surface area contributed by atoms with Crippen molar-refractivity contribution in [2.45, 2.75) is 19.4 Å². The second kappa shape index (κ2) is 5.05. The molecule has 0 saturated carbocycles. The third-order valence-corrected chi connectivity index (χ3v) is 1.34. The summed E-state index contributed by atoms with van der Waals surface area (Å²) in [5.41, 5.74) is 5.34. The van der Waals surface area contributed by atoms with Crippen molar-refractivity contribution < 1.29 is 4.79 Å². The van der Waals surface area contributed by atoms with Gasteiger partial charge in [-0.2, -0.15) is 0 Å². The number of hydrogen-bond donors (Lipinski definition) is 3. The van der Waals surface area contributed by atoms with Gasteiger partial charge in [0.15, 0.2) is 0 Å². The van der Waals surface area contributed by atoms with Crippen LogP contribution in [0.5, 0.6) is 0 Å². The Kier molecular flexibility index (Phi) is 4.66. The third-order valence-electron chi connectivity index (χ3n) is 1.34. The standard InChI is InChI=1S/C6H15N3O/c1-3-5(4-7)9-6(10)8-2/h5H,3-4,7H2,1-2H3,(H2,8,9,10). The smallest absolute Gasteiger partial charge is 0.314 e. The molecule has 0 rings (SSSR count). The average molecular weight is 145 g/mol. The first kappa shape index (κ1) is 9.23. The lowest BCUT2D eigenvalue weighted by molar-refractivity contribution is 0.239. The first-order valence-electron chi connectivity index (χ1n) is 3.42. The van der Waals surface area contributed by atoms with Crippen LogP contribution in [0.1, 0.15) is 13.3 Å². The second-order valence-electron chi connectivity index (χ2n) is 2.06. The lowest BCUT2D eigenvalue weighted by Crippen LogP contribution is -2.43. The van der Waals surface area contributed by atoms with Gasteiger partial charge in [0.25, 0.3) is 0 Å². The summed E-state index contributed by atoms with van der Waals surface area (Å²) >= 11 is 0. The maximum atomic E-state index is 10.7.